The summed E-state index contributed by atoms with van der Waals surface area (Å²) >= 11 is 0. The lowest BCUT2D eigenvalue weighted by atomic mass is 9.97. The number of rotatable bonds is 5. The number of H-pyrrole nitrogens is 1. The highest BCUT2D eigenvalue weighted by atomic mass is 19.4. The molecule has 2 heterocycles. The van der Waals surface area contributed by atoms with Gasteiger partial charge in [-0.2, -0.15) is 18.3 Å². The second kappa shape index (κ2) is 5.79. The normalized spacial score (nSPS) is 14.6. The summed E-state index contributed by atoms with van der Waals surface area (Å²) in [7, 11) is 1.35. The molecule has 0 aromatic carbocycles. The minimum absolute atomic E-state index is 0.118. The summed E-state index contributed by atoms with van der Waals surface area (Å²) in [6.45, 7) is -0.388. The first kappa shape index (κ1) is 16.0. The second-order valence-electron chi connectivity index (χ2n) is 4.70. The van der Waals surface area contributed by atoms with Crippen molar-refractivity contribution in [3.8, 4) is 0 Å². The van der Waals surface area contributed by atoms with E-state index in [1.54, 1.807) is 0 Å². The van der Waals surface area contributed by atoms with Crippen LogP contribution in [0.3, 0.4) is 0 Å². The van der Waals surface area contributed by atoms with Crippen LogP contribution >= 0.6 is 0 Å². The molecule has 22 heavy (non-hydrogen) atoms. The van der Waals surface area contributed by atoms with Crippen molar-refractivity contribution >= 4 is 5.91 Å². The Hall–Kier alpha value is -2.36. The lowest BCUT2D eigenvalue weighted by Crippen LogP contribution is -2.46. The lowest BCUT2D eigenvalue weighted by molar-refractivity contribution is -0.272. The zero-order valence-corrected chi connectivity index (χ0v) is 11.6. The van der Waals surface area contributed by atoms with E-state index in [4.69, 9.17) is 0 Å². The standard InChI is InChI=1S/C12H14F3N5O2/c1-20-7-6-17-10(20)11(22,12(13,14)15)3-5-16-9(21)8-2-4-18-19-8/h2,4,6-7,22H,3,5H2,1H3,(H,16,21)(H,18,19). The van der Waals surface area contributed by atoms with Gasteiger partial charge < -0.3 is 15.0 Å². The van der Waals surface area contributed by atoms with Crippen molar-refractivity contribution in [3.05, 3.63) is 36.2 Å². The first-order valence-corrected chi connectivity index (χ1v) is 6.30. The van der Waals surface area contributed by atoms with Crippen LogP contribution in [0.4, 0.5) is 13.2 Å². The Morgan fingerprint density at radius 1 is 1.45 bits per heavy atom. The average molecular weight is 317 g/mol. The molecule has 3 N–H and O–H groups in total. The Morgan fingerprint density at radius 2 is 2.18 bits per heavy atom. The van der Waals surface area contributed by atoms with E-state index in [1.165, 1.54) is 25.5 Å². The van der Waals surface area contributed by atoms with Gasteiger partial charge in [-0.3, -0.25) is 9.89 Å². The molecule has 0 spiro atoms. The number of nitrogens with zero attached hydrogens (tertiary/aromatic N) is 3. The minimum atomic E-state index is -4.93. The van der Waals surface area contributed by atoms with Crippen molar-refractivity contribution in [1.82, 2.24) is 25.1 Å². The van der Waals surface area contributed by atoms with Gasteiger partial charge in [0.15, 0.2) is 0 Å². The van der Waals surface area contributed by atoms with Crippen LogP contribution in [0, 0.1) is 0 Å². The molecule has 0 aliphatic heterocycles. The Labute approximate surface area is 123 Å². The molecule has 0 saturated heterocycles. The number of hydrogen-bond donors (Lipinski definition) is 3. The molecular formula is C12H14F3N5O2. The second-order valence-corrected chi connectivity index (χ2v) is 4.70. The zero-order chi connectivity index (χ0) is 16.4. The molecule has 2 aromatic rings. The predicted molar refractivity (Wildman–Crippen MR) is 68.7 cm³/mol. The van der Waals surface area contributed by atoms with Gasteiger partial charge in [-0.1, -0.05) is 0 Å². The third kappa shape index (κ3) is 2.96. The average Bonchev–Trinajstić information content (AvgIpc) is 3.07. The predicted octanol–water partition coefficient (Wildman–Crippen LogP) is 0.713. The highest BCUT2D eigenvalue weighted by molar-refractivity contribution is 5.92. The Bertz CT molecular complexity index is 637. The maximum Gasteiger partial charge on any atom is 0.424 e. The van der Waals surface area contributed by atoms with E-state index in [0.717, 1.165) is 10.8 Å². The third-order valence-electron chi connectivity index (χ3n) is 3.18. The third-order valence-corrected chi connectivity index (χ3v) is 3.18. The van der Waals surface area contributed by atoms with E-state index in [1.807, 2.05) is 0 Å². The summed E-state index contributed by atoms with van der Waals surface area (Å²) in [6, 6.07) is 1.38. The van der Waals surface area contributed by atoms with Gasteiger partial charge in [0.1, 0.15) is 11.5 Å². The Balaban J connectivity index is 2.09. The number of nitrogens with one attached hydrogen (secondary N) is 2. The van der Waals surface area contributed by atoms with Gasteiger partial charge in [-0.05, 0) is 6.07 Å². The molecule has 2 aromatic heterocycles. The fourth-order valence-corrected chi connectivity index (χ4v) is 1.98. The monoisotopic (exact) mass is 317 g/mol. The van der Waals surface area contributed by atoms with Crippen molar-refractivity contribution in [2.75, 3.05) is 6.54 Å². The molecule has 2 rings (SSSR count). The maximum atomic E-state index is 13.2. The van der Waals surface area contributed by atoms with Crippen LogP contribution in [0.15, 0.2) is 24.7 Å². The number of halogens is 3. The molecule has 1 atom stereocenters. The molecule has 7 nitrogen and oxygen atoms in total. The fraction of sp³-hybridized carbons (Fsp3) is 0.417. The number of carbonyl (C=O) groups is 1. The Morgan fingerprint density at radius 3 is 2.68 bits per heavy atom. The molecule has 0 aliphatic rings. The highest BCUT2D eigenvalue weighted by Crippen LogP contribution is 2.40. The van der Waals surface area contributed by atoms with Crippen molar-refractivity contribution in [3.63, 3.8) is 0 Å². The number of hydrogen-bond acceptors (Lipinski definition) is 4. The number of aryl methyl sites for hydroxylation is 1. The van der Waals surface area contributed by atoms with E-state index in [9.17, 15) is 23.1 Å². The van der Waals surface area contributed by atoms with E-state index >= 15 is 0 Å². The van der Waals surface area contributed by atoms with Crippen molar-refractivity contribution in [1.29, 1.82) is 0 Å². The lowest BCUT2D eigenvalue weighted by Gasteiger charge is -2.29. The van der Waals surface area contributed by atoms with Gasteiger partial charge in [0.25, 0.3) is 5.91 Å². The summed E-state index contributed by atoms with van der Waals surface area (Å²) < 4.78 is 40.7. The van der Waals surface area contributed by atoms with Gasteiger partial charge in [0, 0.05) is 38.6 Å². The molecule has 10 heteroatoms. The molecule has 1 amide bonds. The number of alkyl halides is 3. The van der Waals surface area contributed by atoms with E-state index < -0.39 is 29.9 Å². The molecule has 0 bridgehead atoms. The van der Waals surface area contributed by atoms with Crippen molar-refractivity contribution in [2.24, 2.45) is 7.05 Å². The zero-order valence-electron chi connectivity index (χ0n) is 11.6. The number of aromatic amines is 1. The van der Waals surface area contributed by atoms with Crippen LogP contribution in [0.2, 0.25) is 0 Å². The van der Waals surface area contributed by atoms with Gasteiger partial charge in [-0.25, -0.2) is 4.98 Å². The van der Waals surface area contributed by atoms with Crippen LogP contribution in [-0.2, 0) is 12.6 Å². The van der Waals surface area contributed by atoms with E-state index in [0.29, 0.717) is 0 Å². The largest absolute Gasteiger partial charge is 0.424 e. The van der Waals surface area contributed by atoms with Crippen LogP contribution in [0.25, 0.3) is 0 Å². The smallest absolute Gasteiger partial charge is 0.374 e. The number of imidazole rings is 1. The summed E-state index contributed by atoms with van der Waals surface area (Å²) in [6.07, 6.45) is -1.88. The van der Waals surface area contributed by atoms with Crippen LogP contribution in [-0.4, -0.2) is 43.5 Å². The molecule has 0 aliphatic carbocycles. The van der Waals surface area contributed by atoms with Gasteiger partial charge in [0.05, 0.1) is 0 Å². The molecule has 0 radical (unpaired) electrons. The summed E-state index contributed by atoms with van der Waals surface area (Å²) in [5, 5.41) is 18.3. The number of aromatic nitrogens is 4. The summed E-state index contributed by atoms with van der Waals surface area (Å²) in [5.74, 6) is -1.14. The first-order valence-electron chi connectivity index (χ1n) is 6.30. The van der Waals surface area contributed by atoms with Gasteiger partial charge in [0.2, 0.25) is 5.60 Å². The van der Waals surface area contributed by atoms with E-state index in [2.05, 4.69) is 20.5 Å². The van der Waals surface area contributed by atoms with E-state index in [-0.39, 0.29) is 12.2 Å². The quantitative estimate of drug-likeness (QED) is 0.757. The number of amides is 1. The highest BCUT2D eigenvalue weighted by Gasteiger charge is 2.57. The number of carbonyl (C=O) groups excluding carboxylic acids is 1. The maximum absolute atomic E-state index is 13.2. The minimum Gasteiger partial charge on any atom is -0.374 e. The SMILES string of the molecule is Cn1ccnc1C(O)(CCNC(=O)c1ccn[nH]1)C(F)(F)F. The summed E-state index contributed by atoms with van der Waals surface area (Å²) in [4.78, 5) is 15.2. The first-order chi connectivity index (χ1) is 10.3. The van der Waals surface area contributed by atoms with Crippen LogP contribution in [0.1, 0.15) is 22.7 Å². The molecule has 1 unspecified atom stereocenters. The molecule has 0 fully saturated rings. The molecule has 0 saturated carbocycles. The van der Waals surface area contributed by atoms with Crippen LogP contribution in [0.5, 0.6) is 0 Å². The van der Waals surface area contributed by atoms with Crippen LogP contribution < -0.4 is 5.32 Å². The molecular weight excluding hydrogens is 303 g/mol. The topological polar surface area (TPSA) is 95.8 Å². The van der Waals surface area contributed by atoms with Crippen molar-refractivity contribution in [2.45, 2.75) is 18.2 Å². The number of aliphatic hydroxyl groups is 1. The molecule has 120 valence electrons. The fourth-order valence-electron chi connectivity index (χ4n) is 1.98. The summed E-state index contributed by atoms with van der Waals surface area (Å²) in [5.41, 5.74) is -3.03. The Kier molecular flexibility index (Phi) is 4.22. The van der Waals surface area contributed by atoms with Gasteiger partial charge >= 0.3 is 6.18 Å². The van der Waals surface area contributed by atoms with Gasteiger partial charge in [-0.15, -0.1) is 0 Å². The van der Waals surface area contributed by atoms with Crippen molar-refractivity contribution < 1.29 is 23.1 Å².